The number of esters is 1. The van der Waals surface area contributed by atoms with E-state index in [1.165, 1.54) is 26.4 Å². The first-order chi connectivity index (χ1) is 12.6. The summed E-state index contributed by atoms with van der Waals surface area (Å²) in [5.41, 5.74) is 2.63. The van der Waals surface area contributed by atoms with Gasteiger partial charge in [0.25, 0.3) is 0 Å². The zero-order valence-electron chi connectivity index (χ0n) is 14.6. The van der Waals surface area contributed by atoms with E-state index in [2.05, 4.69) is 5.32 Å². The van der Waals surface area contributed by atoms with Crippen molar-refractivity contribution in [2.24, 2.45) is 0 Å². The van der Waals surface area contributed by atoms with Gasteiger partial charge in [0, 0.05) is 12.5 Å². The Hall–Kier alpha value is -3.28. The Kier molecular flexibility index (Phi) is 5.22. The zero-order valence-corrected chi connectivity index (χ0v) is 14.6. The van der Waals surface area contributed by atoms with Crippen LogP contribution in [-0.4, -0.2) is 32.7 Å². The highest BCUT2D eigenvalue weighted by molar-refractivity contribution is 6.06. The van der Waals surface area contributed by atoms with E-state index in [9.17, 15) is 9.59 Å². The first-order valence-corrected chi connectivity index (χ1v) is 8.12. The lowest BCUT2D eigenvalue weighted by atomic mass is 10.1. The number of methoxy groups -OCH3 is 2. The summed E-state index contributed by atoms with van der Waals surface area (Å²) in [7, 11) is 2.78. The quantitative estimate of drug-likeness (QED) is 0.661. The number of rotatable bonds is 5. The number of hydrogen-bond donors (Lipinski definition) is 1. The fraction of sp³-hybridized carbons (Fsp3) is 0.200. The molecule has 0 saturated carbocycles. The van der Waals surface area contributed by atoms with E-state index >= 15 is 0 Å². The number of amides is 1. The van der Waals surface area contributed by atoms with Crippen LogP contribution >= 0.6 is 0 Å². The SMILES string of the molecule is COC(=O)c1cc(OC)ccc1NC(=O)/C=C/c1ccc2c(c1)CCO2. The molecule has 3 rings (SSSR count). The molecule has 134 valence electrons. The van der Waals surface area contributed by atoms with Crippen LogP contribution < -0.4 is 14.8 Å². The van der Waals surface area contributed by atoms with Gasteiger partial charge in [-0.25, -0.2) is 4.79 Å². The van der Waals surface area contributed by atoms with E-state index in [-0.39, 0.29) is 11.5 Å². The number of ether oxygens (including phenoxy) is 3. The van der Waals surface area contributed by atoms with Crippen molar-refractivity contribution in [2.45, 2.75) is 6.42 Å². The number of anilines is 1. The molecule has 0 radical (unpaired) electrons. The van der Waals surface area contributed by atoms with Crippen LogP contribution in [-0.2, 0) is 16.0 Å². The summed E-state index contributed by atoms with van der Waals surface area (Å²) in [5.74, 6) is 0.491. The Balaban J connectivity index is 1.74. The van der Waals surface area contributed by atoms with Crippen LogP contribution in [0.15, 0.2) is 42.5 Å². The van der Waals surface area contributed by atoms with Crippen molar-refractivity contribution in [3.63, 3.8) is 0 Å². The van der Waals surface area contributed by atoms with Crippen molar-refractivity contribution in [3.05, 3.63) is 59.2 Å². The molecule has 0 bridgehead atoms. The average Bonchev–Trinajstić information content (AvgIpc) is 3.14. The van der Waals surface area contributed by atoms with Crippen LogP contribution in [0.4, 0.5) is 5.69 Å². The van der Waals surface area contributed by atoms with Gasteiger partial charge in [-0.05, 0) is 47.5 Å². The second kappa shape index (κ2) is 7.74. The number of hydrogen-bond acceptors (Lipinski definition) is 5. The topological polar surface area (TPSA) is 73.9 Å². The van der Waals surface area contributed by atoms with Crippen LogP contribution in [0.5, 0.6) is 11.5 Å². The number of nitrogens with one attached hydrogen (secondary N) is 1. The summed E-state index contributed by atoms with van der Waals surface area (Å²) in [6, 6.07) is 10.6. The predicted molar refractivity (Wildman–Crippen MR) is 97.6 cm³/mol. The Morgan fingerprint density at radius 3 is 2.77 bits per heavy atom. The van der Waals surface area contributed by atoms with Gasteiger partial charge >= 0.3 is 5.97 Å². The van der Waals surface area contributed by atoms with Gasteiger partial charge in [-0.2, -0.15) is 0 Å². The van der Waals surface area contributed by atoms with Crippen molar-refractivity contribution >= 4 is 23.6 Å². The molecule has 6 heteroatoms. The summed E-state index contributed by atoms with van der Waals surface area (Å²) in [5, 5.41) is 2.69. The summed E-state index contributed by atoms with van der Waals surface area (Å²) in [6.07, 6.45) is 4.01. The first kappa shape index (κ1) is 17.5. The molecule has 0 aliphatic carbocycles. The van der Waals surface area contributed by atoms with Crippen LogP contribution in [0.1, 0.15) is 21.5 Å². The molecule has 1 aliphatic heterocycles. The van der Waals surface area contributed by atoms with Crippen molar-refractivity contribution in [2.75, 3.05) is 26.1 Å². The summed E-state index contributed by atoms with van der Waals surface area (Å²) in [6.45, 7) is 0.691. The lowest BCUT2D eigenvalue weighted by Crippen LogP contribution is -2.13. The Morgan fingerprint density at radius 2 is 2.00 bits per heavy atom. The molecule has 1 aliphatic rings. The molecular weight excluding hydrogens is 334 g/mol. The summed E-state index contributed by atoms with van der Waals surface area (Å²) < 4.78 is 15.3. The average molecular weight is 353 g/mol. The van der Waals surface area contributed by atoms with E-state index in [0.717, 1.165) is 23.3 Å². The monoisotopic (exact) mass is 353 g/mol. The highest BCUT2D eigenvalue weighted by atomic mass is 16.5. The van der Waals surface area contributed by atoms with E-state index in [1.54, 1.807) is 18.2 Å². The molecule has 6 nitrogen and oxygen atoms in total. The van der Waals surface area contributed by atoms with Crippen molar-refractivity contribution in [1.29, 1.82) is 0 Å². The molecule has 0 atom stereocenters. The van der Waals surface area contributed by atoms with E-state index < -0.39 is 5.97 Å². The molecule has 2 aromatic rings. The molecule has 26 heavy (non-hydrogen) atoms. The second-order valence-electron chi connectivity index (χ2n) is 5.69. The van der Waals surface area contributed by atoms with Crippen molar-refractivity contribution in [1.82, 2.24) is 0 Å². The second-order valence-corrected chi connectivity index (χ2v) is 5.69. The molecule has 0 unspecified atom stereocenters. The molecule has 0 spiro atoms. The van der Waals surface area contributed by atoms with E-state index in [4.69, 9.17) is 14.2 Å². The number of carbonyl (C=O) groups is 2. The normalized spacial score (nSPS) is 12.4. The van der Waals surface area contributed by atoms with Crippen molar-refractivity contribution < 1.29 is 23.8 Å². The zero-order chi connectivity index (χ0) is 18.5. The van der Waals surface area contributed by atoms with Gasteiger partial charge in [-0.1, -0.05) is 6.07 Å². The smallest absolute Gasteiger partial charge is 0.340 e. The van der Waals surface area contributed by atoms with Gasteiger partial charge < -0.3 is 19.5 Å². The van der Waals surface area contributed by atoms with E-state index in [1.807, 2.05) is 18.2 Å². The molecule has 0 aromatic heterocycles. The number of benzene rings is 2. The highest BCUT2D eigenvalue weighted by Crippen LogP contribution is 2.26. The lowest BCUT2D eigenvalue weighted by molar-refractivity contribution is -0.111. The minimum absolute atomic E-state index is 0.225. The van der Waals surface area contributed by atoms with Gasteiger partial charge in [0.2, 0.25) is 5.91 Å². The third-order valence-electron chi connectivity index (χ3n) is 4.03. The molecule has 1 N–H and O–H groups in total. The van der Waals surface area contributed by atoms with Crippen LogP contribution in [0.2, 0.25) is 0 Å². The maximum Gasteiger partial charge on any atom is 0.340 e. The lowest BCUT2D eigenvalue weighted by Gasteiger charge is -2.10. The van der Waals surface area contributed by atoms with Crippen LogP contribution in [0, 0.1) is 0 Å². The molecule has 1 amide bonds. The van der Waals surface area contributed by atoms with Crippen LogP contribution in [0.3, 0.4) is 0 Å². The Morgan fingerprint density at radius 1 is 1.15 bits per heavy atom. The van der Waals surface area contributed by atoms with E-state index in [0.29, 0.717) is 18.0 Å². The molecular formula is C20H19NO5. The third-order valence-corrected chi connectivity index (χ3v) is 4.03. The standard InChI is InChI=1S/C20H19NO5/c1-24-15-5-6-17(16(12-15)20(23)25-2)21-19(22)8-4-13-3-7-18-14(11-13)9-10-26-18/h3-8,11-12H,9-10H2,1-2H3,(H,21,22)/b8-4+. The minimum atomic E-state index is -0.554. The maximum atomic E-state index is 12.2. The molecule has 0 saturated heterocycles. The summed E-state index contributed by atoms with van der Waals surface area (Å²) in [4.78, 5) is 24.1. The Bertz CT molecular complexity index is 873. The van der Waals surface area contributed by atoms with Gasteiger partial charge in [-0.3, -0.25) is 4.79 Å². The maximum absolute atomic E-state index is 12.2. The molecule has 0 fully saturated rings. The van der Waals surface area contributed by atoms with Gasteiger partial charge in [0.05, 0.1) is 32.1 Å². The highest BCUT2D eigenvalue weighted by Gasteiger charge is 2.15. The van der Waals surface area contributed by atoms with Gasteiger partial charge in [-0.15, -0.1) is 0 Å². The van der Waals surface area contributed by atoms with Gasteiger partial charge in [0.15, 0.2) is 0 Å². The third kappa shape index (κ3) is 3.85. The Labute approximate surface area is 151 Å². The first-order valence-electron chi connectivity index (χ1n) is 8.12. The molecule has 1 heterocycles. The fourth-order valence-corrected chi connectivity index (χ4v) is 2.69. The summed E-state index contributed by atoms with van der Waals surface area (Å²) >= 11 is 0. The molecule has 2 aromatic carbocycles. The fourth-order valence-electron chi connectivity index (χ4n) is 2.69. The van der Waals surface area contributed by atoms with Gasteiger partial charge in [0.1, 0.15) is 11.5 Å². The minimum Gasteiger partial charge on any atom is -0.497 e. The van der Waals surface area contributed by atoms with Crippen LogP contribution in [0.25, 0.3) is 6.08 Å². The largest absolute Gasteiger partial charge is 0.497 e. The number of carbonyl (C=O) groups excluding carboxylic acids is 2. The number of fused-ring (bicyclic) bond motifs is 1. The predicted octanol–water partition coefficient (Wildman–Crippen LogP) is 3.07. The van der Waals surface area contributed by atoms with Crippen molar-refractivity contribution in [3.8, 4) is 11.5 Å².